The summed E-state index contributed by atoms with van der Waals surface area (Å²) < 4.78 is 10.9. The van der Waals surface area contributed by atoms with Gasteiger partial charge in [-0.05, 0) is 32.6 Å². The number of guanidine groups is 1. The molecule has 1 saturated carbocycles. The Bertz CT molecular complexity index is 255. The van der Waals surface area contributed by atoms with E-state index in [1.165, 1.54) is 12.8 Å². The maximum atomic E-state index is 5.65. The third-order valence-corrected chi connectivity index (χ3v) is 3.02. The summed E-state index contributed by atoms with van der Waals surface area (Å²) in [6, 6.07) is 0. The van der Waals surface area contributed by atoms with Crippen LogP contribution in [-0.4, -0.2) is 64.0 Å². The number of hydrogen-bond acceptors (Lipinski definition) is 3. The Hall–Kier alpha value is -0.810. The molecule has 0 spiro atoms. The van der Waals surface area contributed by atoms with E-state index in [-0.39, 0.29) is 0 Å². The molecule has 19 heavy (non-hydrogen) atoms. The zero-order valence-corrected chi connectivity index (χ0v) is 12.7. The van der Waals surface area contributed by atoms with Crippen molar-refractivity contribution >= 4 is 5.96 Å². The van der Waals surface area contributed by atoms with Crippen LogP contribution in [0.2, 0.25) is 0 Å². The van der Waals surface area contributed by atoms with Gasteiger partial charge in [0.25, 0.3) is 0 Å². The molecule has 0 aliphatic heterocycles. The first kappa shape index (κ1) is 16.2. The fourth-order valence-corrected chi connectivity index (χ4v) is 1.67. The predicted molar refractivity (Wildman–Crippen MR) is 78.6 cm³/mol. The van der Waals surface area contributed by atoms with Crippen molar-refractivity contribution < 1.29 is 9.47 Å². The number of likely N-dealkylation sites (N-methyl/N-ethyl adjacent to an activating group) is 1. The minimum atomic E-state index is 0.678. The molecule has 1 rings (SSSR count). The van der Waals surface area contributed by atoms with Crippen molar-refractivity contribution in [3.8, 4) is 0 Å². The molecule has 1 aliphatic rings. The van der Waals surface area contributed by atoms with Crippen LogP contribution in [0.3, 0.4) is 0 Å². The van der Waals surface area contributed by atoms with Gasteiger partial charge in [0, 0.05) is 33.4 Å². The normalized spacial score (nSPS) is 15.6. The van der Waals surface area contributed by atoms with Crippen molar-refractivity contribution in [3.63, 3.8) is 0 Å². The predicted octanol–water partition coefficient (Wildman–Crippen LogP) is 1.35. The van der Waals surface area contributed by atoms with Crippen molar-refractivity contribution in [1.82, 2.24) is 10.2 Å². The first-order valence-electron chi connectivity index (χ1n) is 7.42. The van der Waals surface area contributed by atoms with Crippen LogP contribution < -0.4 is 5.32 Å². The third kappa shape index (κ3) is 8.06. The Labute approximate surface area is 117 Å². The second-order valence-corrected chi connectivity index (χ2v) is 4.87. The Morgan fingerprint density at radius 1 is 1.26 bits per heavy atom. The lowest BCUT2D eigenvalue weighted by molar-refractivity contribution is 0.115. The van der Waals surface area contributed by atoms with Gasteiger partial charge in [-0.15, -0.1) is 0 Å². The van der Waals surface area contributed by atoms with Gasteiger partial charge in [0.15, 0.2) is 5.96 Å². The molecular formula is C14H29N3O2. The number of ether oxygens (including phenoxy) is 2. The molecule has 5 heteroatoms. The standard InChI is InChI=1S/C14H29N3O2/c1-4-15-14(16-8-10-18-5-2)17(3)9-11-19-12-13-6-7-13/h13H,4-12H2,1-3H3,(H,15,16). The van der Waals surface area contributed by atoms with Crippen LogP contribution >= 0.6 is 0 Å². The topological polar surface area (TPSA) is 46.1 Å². The van der Waals surface area contributed by atoms with Gasteiger partial charge in [0.1, 0.15) is 0 Å². The number of rotatable bonds is 10. The second kappa shape index (κ2) is 10.0. The molecule has 0 aromatic heterocycles. The molecule has 0 saturated heterocycles. The smallest absolute Gasteiger partial charge is 0.193 e. The number of aliphatic imine (C=N–C) groups is 1. The summed E-state index contributed by atoms with van der Waals surface area (Å²) in [6.45, 7) is 9.63. The first-order valence-corrected chi connectivity index (χ1v) is 7.42. The summed E-state index contributed by atoms with van der Waals surface area (Å²) in [4.78, 5) is 6.64. The molecule has 0 radical (unpaired) electrons. The molecule has 1 N–H and O–H groups in total. The maximum absolute atomic E-state index is 5.65. The van der Waals surface area contributed by atoms with Crippen molar-refractivity contribution in [3.05, 3.63) is 0 Å². The molecule has 0 unspecified atom stereocenters. The Kier molecular flexibility index (Phi) is 8.58. The highest BCUT2D eigenvalue weighted by Gasteiger charge is 2.21. The van der Waals surface area contributed by atoms with E-state index in [0.717, 1.165) is 44.8 Å². The van der Waals surface area contributed by atoms with Gasteiger partial charge >= 0.3 is 0 Å². The van der Waals surface area contributed by atoms with E-state index >= 15 is 0 Å². The molecule has 0 heterocycles. The van der Waals surface area contributed by atoms with Gasteiger partial charge in [-0.2, -0.15) is 0 Å². The van der Waals surface area contributed by atoms with Crippen molar-refractivity contribution in [2.24, 2.45) is 10.9 Å². The molecule has 0 aromatic carbocycles. The van der Waals surface area contributed by atoms with Gasteiger partial charge in [-0.1, -0.05) is 0 Å². The monoisotopic (exact) mass is 271 g/mol. The van der Waals surface area contributed by atoms with E-state index < -0.39 is 0 Å². The average Bonchev–Trinajstić information content (AvgIpc) is 3.22. The number of nitrogens with zero attached hydrogens (tertiary/aromatic N) is 2. The Morgan fingerprint density at radius 3 is 2.68 bits per heavy atom. The lowest BCUT2D eigenvalue weighted by Crippen LogP contribution is -2.40. The van der Waals surface area contributed by atoms with E-state index in [0.29, 0.717) is 13.2 Å². The van der Waals surface area contributed by atoms with Gasteiger partial charge in [-0.3, -0.25) is 4.99 Å². The van der Waals surface area contributed by atoms with Crippen LogP contribution in [0.25, 0.3) is 0 Å². The fourth-order valence-electron chi connectivity index (χ4n) is 1.67. The molecule has 0 aromatic rings. The zero-order valence-electron chi connectivity index (χ0n) is 12.7. The van der Waals surface area contributed by atoms with Crippen molar-refractivity contribution in [2.45, 2.75) is 26.7 Å². The van der Waals surface area contributed by atoms with Crippen molar-refractivity contribution in [2.75, 3.05) is 53.1 Å². The molecule has 112 valence electrons. The summed E-state index contributed by atoms with van der Waals surface area (Å²) in [7, 11) is 2.04. The molecule has 0 atom stereocenters. The minimum Gasteiger partial charge on any atom is -0.380 e. The average molecular weight is 271 g/mol. The highest BCUT2D eigenvalue weighted by molar-refractivity contribution is 5.79. The number of hydrogen-bond donors (Lipinski definition) is 1. The largest absolute Gasteiger partial charge is 0.380 e. The summed E-state index contributed by atoms with van der Waals surface area (Å²) in [5.74, 6) is 1.76. The SMILES string of the molecule is CCNC(=NCCOCC)N(C)CCOCC1CC1. The lowest BCUT2D eigenvalue weighted by Gasteiger charge is -2.22. The summed E-state index contributed by atoms with van der Waals surface area (Å²) in [5, 5.41) is 3.29. The van der Waals surface area contributed by atoms with E-state index in [1.54, 1.807) is 0 Å². The van der Waals surface area contributed by atoms with Crippen LogP contribution in [0.15, 0.2) is 4.99 Å². The van der Waals surface area contributed by atoms with Gasteiger partial charge in [-0.25, -0.2) is 0 Å². The molecule has 1 aliphatic carbocycles. The fraction of sp³-hybridized carbons (Fsp3) is 0.929. The van der Waals surface area contributed by atoms with Gasteiger partial charge < -0.3 is 19.7 Å². The molecule has 1 fully saturated rings. The summed E-state index contributed by atoms with van der Waals surface area (Å²) in [6.07, 6.45) is 2.69. The van der Waals surface area contributed by atoms with Crippen LogP contribution in [0.1, 0.15) is 26.7 Å². The highest BCUT2D eigenvalue weighted by Crippen LogP contribution is 2.28. The molecular weight excluding hydrogens is 242 g/mol. The Morgan fingerprint density at radius 2 is 2.05 bits per heavy atom. The summed E-state index contributed by atoms with van der Waals surface area (Å²) in [5.41, 5.74) is 0. The minimum absolute atomic E-state index is 0.678. The highest BCUT2D eigenvalue weighted by atomic mass is 16.5. The maximum Gasteiger partial charge on any atom is 0.193 e. The number of nitrogens with one attached hydrogen (secondary N) is 1. The van der Waals surface area contributed by atoms with E-state index in [9.17, 15) is 0 Å². The quantitative estimate of drug-likeness (QED) is 0.370. The van der Waals surface area contributed by atoms with E-state index in [4.69, 9.17) is 9.47 Å². The lowest BCUT2D eigenvalue weighted by atomic mass is 10.5. The second-order valence-electron chi connectivity index (χ2n) is 4.87. The van der Waals surface area contributed by atoms with Crippen LogP contribution in [0.4, 0.5) is 0 Å². The molecule has 5 nitrogen and oxygen atoms in total. The van der Waals surface area contributed by atoms with Gasteiger partial charge in [0.05, 0.1) is 19.8 Å². The first-order chi connectivity index (χ1) is 9.27. The molecule has 0 bridgehead atoms. The van der Waals surface area contributed by atoms with Crippen LogP contribution in [0.5, 0.6) is 0 Å². The van der Waals surface area contributed by atoms with Crippen LogP contribution in [-0.2, 0) is 9.47 Å². The van der Waals surface area contributed by atoms with Crippen LogP contribution in [0, 0.1) is 5.92 Å². The zero-order chi connectivity index (χ0) is 13.9. The van der Waals surface area contributed by atoms with E-state index in [1.807, 2.05) is 14.0 Å². The summed E-state index contributed by atoms with van der Waals surface area (Å²) >= 11 is 0. The van der Waals surface area contributed by atoms with Crippen molar-refractivity contribution in [1.29, 1.82) is 0 Å². The molecule has 0 amide bonds. The van der Waals surface area contributed by atoms with E-state index in [2.05, 4.69) is 22.1 Å². The van der Waals surface area contributed by atoms with Gasteiger partial charge in [0.2, 0.25) is 0 Å². The third-order valence-electron chi connectivity index (χ3n) is 3.02. The Balaban J connectivity index is 2.18.